The number of carbonyl (C=O) groups excluding carboxylic acids is 1. The summed E-state index contributed by atoms with van der Waals surface area (Å²) < 4.78 is 62.5. The van der Waals surface area contributed by atoms with Gasteiger partial charge in [-0.05, 0) is 78.7 Å². The SMILES string of the molecule is Cc1ccc(CN(Cc2ccc(/C=N\NC(=O)CN(Cc3ccccc3)S(=O)(=O)c3ccc(Cl)cc3)o2)S(=O)(=O)c2ccc(Cl)cc2)cc1. The minimum absolute atomic E-state index is 0.0123. The van der Waals surface area contributed by atoms with Crippen molar-refractivity contribution in [2.75, 3.05) is 6.54 Å². The lowest BCUT2D eigenvalue weighted by molar-refractivity contribution is -0.121. The molecule has 0 radical (unpaired) electrons. The number of aryl methyl sites for hydroxylation is 1. The Morgan fingerprint density at radius 3 is 1.82 bits per heavy atom. The van der Waals surface area contributed by atoms with Crippen molar-refractivity contribution < 1.29 is 26.0 Å². The van der Waals surface area contributed by atoms with E-state index in [0.29, 0.717) is 21.4 Å². The lowest BCUT2D eigenvalue weighted by Gasteiger charge is -2.21. The monoisotopic (exact) mass is 738 g/mol. The fourth-order valence-corrected chi connectivity index (χ4v) is 7.76. The van der Waals surface area contributed by atoms with Gasteiger partial charge in [0.05, 0.1) is 29.1 Å². The van der Waals surface area contributed by atoms with Crippen molar-refractivity contribution in [2.24, 2.45) is 5.10 Å². The highest BCUT2D eigenvalue weighted by atomic mass is 35.5. The Bertz CT molecular complexity index is 2120. The fraction of sp³-hybridized carbons (Fsp3) is 0.143. The summed E-state index contributed by atoms with van der Waals surface area (Å²) in [6.45, 7) is 1.38. The van der Waals surface area contributed by atoms with Crippen LogP contribution < -0.4 is 5.43 Å². The van der Waals surface area contributed by atoms with Crippen molar-refractivity contribution in [3.63, 3.8) is 0 Å². The van der Waals surface area contributed by atoms with Crippen LogP contribution in [0, 0.1) is 6.92 Å². The molecule has 0 fully saturated rings. The summed E-state index contributed by atoms with van der Waals surface area (Å²) in [5.74, 6) is -0.111. The van der Waals surface area contributed by atoms with Gasteiger partial charge < -0.3 is 4.42 Å². The largest absolute Gasteiger partial charge is 0.459 e. The van der Waals surface area contributed by atoms with E-state index in [9.17, 15) is 21.6 Å². The van der Waals surface area contributed by atoms with Gasteiger partial charge in [0.25, 0.3) is 5.91 Å². The molecule has 14 heteroatoms. The van der Waals surface area contributed by atoms with Crippen LogP contribution in [-0.2, 0) is 44.5 Å². The van der Waals surface area contributed by atoms with Gasteiger partial charge in [0.2, 0.25) is 20.0 Å². The highest BCUT2D eigenvalue weighted by Crippen LogP contribution is 2.24. The van der Waals surface area contributed by atoms with E-state index >= 15 is 0 Å². The van der Waals surface area contributed by atoms with Crippen LogP contribution in [0.1, 0.15) is 28.2 Å². The number of sulfonamides is 2. The first-order valence-electron chi connectivity index (χ1n) is 14.9. The minimum Gasteiger partial charge on any atom is -0.459 e. The number of carbonyl (C=O) groups is 1. The summed E-state index contributed by atoms with van der Waals surface area (Å²) in [6.07, 6.45) is 1.24. The molecule has 0 aliphatic heterocycles. The molecule has 0 aliphatic rings. The lowest BCUT2D eigenvalue weighted by Crippen LogP contribution is -2.39. The van der Waals surface area contributed by atoms with Gasteiger partial charge in [-0.2, -0.15) is 13.7 Å². The van der Waals surface area contributed by atoms with Crippen molar-refractivity contribution in [1.82, 2.24) is 14.0 Å². The Morgan fingerprint density at radius 2 is 1.22 bits per heavy atom. The first kappa shape index (κ1) is 36.0. The molecule has 0 atom stereocenters. The smallest absolute Gasteiger partial charge is 0.255 e. The Balaban J connectivity index is 1.28. The van der Waals surface area contributed by atoms with Crippen molar-refractivity contribution >= 4 is 55.4 Å². The van der Waals surface area contributed by atoms with E-state index in [-0.39, 0.29) is 35.2 Å². The number of furan rings is 1. The molecule has 4 aromatic carbocycles. The molecule has 254 valence electrons. The second kappa shape index (κ2) is 15.9. The number of halogens is 2. The van der Waals surface area contributed by atoms with Crippen molar-refractivity contribution in [3.8, 4) is 0 Å². The number of hydrogen-bond donors (Lipinski definition) is 1. The van der Waals surface area contributed by atoms with Crippen LogP contribution in [0.4, 0.5) is 0 Å². The average Bonchev–Trinajstić information content (AvgIpc) is 3.53. The van der Waals surface area contributed by atoms with Gasteiger partial charge in [-0.15, -0.1) is 0 Å². The summed E-state index contributed by atoms with van der Waals surface area (Å²) >= 11 is 11.9. The van der Waals surface area contributed by atoms with E-state index in [1.807, 2.05) is 37.3 Å². The predicted octanol–water partition coefficient (Wildman–Crippen LogP) is 6.63. The highest BCUT2D eigenvalue weighted by Gasteiger charge is 2.28. The summed E-state index contributed by atoms with van der Waals surface area (Å²) in [4.78, 5) is 13.0. The van der Waals surface area contributed by atoms with Crippen LogP contribution in [0.25, 0.3) is 0 Å². The van der Waals surface area contributed by atoms with E-state index in [1.54, 1.807) is 36.4 Å². The molecule has 5 rings (SSSR count). The number of benzene rings is 4. The van der Waals surface area contributed by atoms with Gasteiger partial charge in [-0.3, -0.25) is 4.79 Å². The quantitative estimate of drug-likeness (QED) is 0.101. The second-order valence-corrected chi connectivity index (χ2v) is 15.8. The Hall–Kier alpha value is -4.30. The average molecular weight is 740 g/mol. The van der Waals surface area contributed by atoms with Crippen molar-refractivity contribution in [2.45, 2.75) is 36.3 Å². The standard InChI is InChI=1S/C35H32Cl2N4O6S2/c1-26-7-9-28(10-8-26)23-40(48(43,44)33-17-11-29(36)12-18-33)24-32-16-15-31(47-32)21-38-39-35(42)25-41(22-27-5-3-2-4-6-27)49(45,46)34-19-13-30(37)14-20-34/h2-21H,22-25H2,1H3,(H,39,42)/b38-21-. The molecule has 1 aromatic heterocycles. The minimum atomic E-state index is -4.07. The van der Waals surface area contributed by atoms with Gasteiger partial charge >= 0.3 is 0 Å². The maximum atomic E-state index is 13.7. The summed E-state index contributed by atoms with van der Waals surface area (Å²) in [6, 6.07) is 31.2. The van der Waals surface area contributed by atoms with Crippen molar-refractivity contribution in [3.05, 3.63) is 154 Å². The normalized spacial score (nSPS) is 12.2. The zero-order valence-electron chi connectivity index (χ0n) is 26.2. The molecule has 1 heterocycles. The van der Waals surface area contributed by atoms with Crippen molar-refractivity contribution in [1.29, 1.82) is 0 Å². The molecule has 0 bridgehead atoms. The third-order valence-electron chi connectivity index (χ3n) is 7.30. The third kappa shape index (κ3) is 9.66. The van der Waals surface area contributed by atoms with Crippen LogP contribution in [0.3, 0.4) is 0 Å². The van der Waals surface area contributed by atoms with Crippen LogP contribution >= 0.6 is 23.2 Å². The van der Waals surface area contributed by atoms with E-state index < -0.39 is 32.5 Å². The summed E-state index contributed by atoms with van der Waals surface area (Å²) in [5, 5.41) is 4.73. The number of nitrogens with one attached hydrogen (secondary N) is 1. The molecule has 0 unspecified atom stereocenters. The molecule has 0 spiro atoms. The van der Waals surface area contributed by atoms with E-state index in [0.717, 1.165) is 15.4 Å². The third-order valence-corrected chi connectivity index (χ3v) is 11.4. The lowest BCUT2D eigenvalue weighted by atomic mass is 10.1. The Morgan fingerprint density at radius 1 is 0.694 bits per heavy atom. The molecule has 1 N–H and O–H groups in total. The maximum Gasteiger partial charge on any atom is 0.255 e. The van der Waals surface area contributed by atoms with Gasteiger partial charge in [0.15, 0.2) is 0 Å². The van der Waals surface area contributed by atoms with Crippen LogP contribution in [-0.4, -0.2) is 44.1 Å². The van der Waals surface area contributed by atoms with Gasteiger partial charge in [-0.1, -0.05) is 83.4 Å². The molecule has 0 aliphatic carbocycles. The number of nitrogens with zero attached hydrogens (tertiary/aromatic N) is 3. The Kier molecular flexibility index (Phi) is 11.7. The van der Waals surface area contributed by atoms with Gasteiger partial charge in [0, 0.05) is 23.1 Å². The van der Waals surface area contributed by atoms with E-state index in [4.69, 9.17) is 27.6 Å². The number of hydrazone groups is 1. The molecule has 49 heavy (non-hydrogen) atoms. The molecule has 10 nitrogen and oxygen atoms in total. The first-order valence-corrected chi connectivity index (χ1v) is 18.6. The second-order valence-electron chi connectivity index (χ2n) is 11.0. The molecule has 1 amide bonds. The van der Waals surface area contributed by atoms with Crippen LogP contribution in [0.15, 0.2) is 135 Å². The zero-order chi connectivity index (χ0) is 35.0. The number of rotatable bonds is 14. The number of amides is 1. The molecule has 5 aromatic rings. The fourth-order valence-electron chi connectivity index (χ4n) is 4.73. The number of hydrogen-bond acceptors (Lipinski definition) is 7. The molecular weight excluding hydrogens is 707 g/mol. The van der Waals surface area contributed by atoms with E-state index in [2.05, 4.69) is 10.5 Å². The highest BCUT2D eigenvalue weighted by molar-refractivity contribution is 7.89. The van der Waals surface area contributed by atoms with Crippen LogP contribution in [0.5, 0.6) is 0 Å². The zero-order valence-corrected chi connectivity index (χ0v) is 29.4. The molecular formula is C35H32Cl2N4O6S2. The predicted molar refractivity (Wildman–Crippen MR) is 189 cm³/mol. The van der Waals surface area contributed by atoms with Gasteiger partial charge in [-0.25, -0.2) is 22.3 Å². The first-order chi connectivity index (χ1) is 23.4. The molecule has 0 saturated carbocycles. The van der Waals surface area contributed by atoms with Crippen LogP contribution in [0.2, 0.25) is 10.0 Å². The van der Waals surface area contributed by atoms with E-state index in [1.165, 1.54) is 59.1 Å². The molecule has 0 saturated heterocycles. The van der Waals surface area contributed by atoms with Gasteiger partial charge in [0.1, 0.15) is 11.5 Å². The maximum absolute atomic E-state index is 13.7. The Labute approximate surface area is 295 Å². The topological polar surface area (TPSA) is 129 Å². The summed E-state index contributed by atoms with van der Waals surface area (Å²) in [5.41, 5.74) is 4.87. The summed E-state index contributed by atoms with van der Waals surface area (Å²) in [7, 11) is -8.02.